The van der Waals surface area contributed by atoms with Crippen molar-refractivity contribution in [1.29, 1.82) is 0 Å². The summed E-state index contributed by atoms with van der Waals surface area (Å²) < 4.78 is 34.5. The van der Waals surface area contributed by atoms with Crippen LogP contribution in [0.3, 0.4) is 0 Å². The van der Waals surface area contributed by atoms with Gasteiger partial charge in [-0.1, -0.05) is 22.0 Å². The van der Waals surface area contributed by atoms with Gasteiger partial charge in [0.05, 0.1) is 12.6 Å². The van der Waals surface area contributed by atoms with Crippen LogP contribution in [0.2, 0.25) is 0 Å². The molecule has 0 aliphatic heterocycles. The molecular weight excluding hydrogens is 340 g/mol. The predicted octanol–water partition coefficient (Wildman–Crippen LogP) is 4.43. The molecule has 21 heavy (non-hydrogen) atoms. The quantitative estimate of drug-likeness (QED) is 0.856. The second-order valence-electron chi connectivity index (χ2n) is 4.47. The molecule has 0 aromatic heterocycles. The van der Waals surface area contributed by atoms with Gasteiger partial charge in [0.1, 0.15) is 17.4 Å². The third-order valence-electron chi connectivity index (χ3n) is 3.16. The molecule has 0 bridgehead atoms. The second kappa shape index (κ2) is 7.00. The van der Waals surface area contributed by atoms with Gasteiger partial charge in [0.15, 0.2) is 0 Å². The number of ether oxygens (including phenoxy) is 1. The van der Waals surface area contributed by atoms with Crippen LogP contribution in [-0.4, -0.2) is 13.7 Å². The van der Waals surface area contributed by atoms with Crippen LogP contribution < -0.4 is 10.1 Å². The van der Waals surface area contributed by atoms with E-state index >= 15 is 0 Å². The Morgan fingerprint density at radius 3 is 2.43 bits per heavy atom. The first-order valence-corrected chi connectivity index (χ1v) is 7.41. The lowest BCUT2D eigenvalue weighted by atomic mass is 9.97. The van der Waals surface area contributed by atoms with Crippen LogP contribution in [0.15, 0.2) is 40.9 Å². The van der Waals surface area contributed by atoms with Crippen LogP contribution in [0, 0.1) is 11.6 Å². The Balaban J connectivity index is 2.58. The summed E-state index contributed by atoms with van der Waals surface area (Å²) in [5.74, 6) is -0.573. The number of nitrogens with one attached hydrogen (secondary N) is 1. The smallest absolute Gasteiger partial charge is 0.131 e. The van der Waals surface area contributed by atoms with Crippen molar-refractivity contribution in [3.05, 3.63) is 63.6 Å². The Morgan fingerprint density at radius 1 is 1.19 bits per heavy atom. The molecule has 5 heteroatoms. The zero-order valence-corrected chi connectivity index (χ0v) is 13.4. The molecule has 0 aliphatic carbocycles. The van der Waals surface area contributed by atoms with Crippen molar-refractivity contribution in [2.24, 2.45) is 0 Å². The maximum atomic E-state index is 14.1. The van der Waals surface area contributed by atoms with Crippen LogP contribution >= 0.6 is 15.9 Å². The molecule has 0 heterocycles. The average molecular weight is 356 g/mol. The number of halogens is 3. The Morgan fingerprint density at radius 2 is 1.86 bits per heavy atom. The van der Waals surface area contributed by atoms with Crippen molar-refractivity contribution in [2.45, 2.75) is 13.0 Å². The minimum atomic E-state index is -0.634. The minimum Gasteiger partial charge on any atom is -0.494 e. The number of benzene rings is 2. The van der Waals surface area contributed by atoms with Crippen LogP contribution in [-0.2, 0) is 0 Å². The van der Waals surface area contributed by atoms with Gasteiger partial charge in [0, 0.05) is 15.6 Å². The van der Waals surface area contributed by atoms with Crippen LogP contribution in [0.1, 0.15) is 24.1 Å². The predicted molar refractivity (Wildman–Crippen MR) is 82.6 cm³/mol. The van der Waals surface area contributed by atoms with Gasteiger partial charge >= 0.3 is 0 Å². The average Bonchev–Trinajstić information content (AvgIpc) is 2.45. The lowest BCUT2D eigenvalue weighted by molar-refractivity contribution is 0.333. The normalized spacial score (nSPS) is 12.2. The molecule has 0 radical (unpaired) electrons. The summed E-state index contributed by atoms with van der Waals surface area (Å²) in [5, 5.41) is 2.96. The van der Waals surface area contributed by atoms with Crippen molar-refractivity contribution < 1.29 is 13.5 Å². The van der Waals surface area contributed by atoms with Gasteiger partial charge in [-0.05, 0) is 44.3 Å². The molecule has 1 unspecified atom stereocenters. The first-order chi connectivity index (χ1) is 10.1. The van der Waals surface area contributed by atoms with E-state index in [9.17, 15) is 8.78 Å². The molecule has 1 N–H and O–H groups in total. The van der Waals surface area contributed by atoms with E-state index in [0.29, 0.717) is 17.9 Å². The summed E-state index contributed by atoms with van der Waals surface area (Å²) in [7, 11) is 1.66. The highest BCUT2D eigenvalue weighted by Gasteiger charge is 2.23. The number of rotatable bonds is 5. The Hall–Kier alpha value is -1.46. The van der Waals surface area contributed by atoms with Gasteiger partial charge in [-0.2, -0.15) is 0 Å². The second-order valence-corrected chi connectivity index (χ2v) is 5.39. The summed E-state index contributed by atoms with van der Waals surface area (Å²) in [6.07, 6.45) is 0. The fourth-order valence-corrected chi connectivity index (χ4v) is 2.65. The summed E-state index contributed by atoms with van der Waals surface area (Å²) in [6, 6.07) is 8.64. The molecule has 2 aromatic carbocycles. The van der Waals surface area contributed by atoms with E-state index < -0.39 is 17.7 Å². The molecule has 0 fully saturated rings. The third kappa shape index (κ3) is 3.41. The zero-order valence-electron chi connectivity index (χ0n) is 11.8. The molecule has 2 rings (SSSR count). The molecule has 0 saturated carbocycles. The fourth-order valence-electron chi connectivity index (χ4n) is 2.27. The van der Waals surface area contributed by atoms with Gasteiger partial charge in [-0.25, -0.2) is 8.78 Å². The van der Waals surface area contributed by atoms with Crippen LogP contribution in [0.25, 0.3) is 0 Å². The maximum absolute atomic E-state index is 14.1. The highest BCUT2D eigenvalue weighted by molar-refractivity contribution is 9.10. The zero-order chi connectivity index (χ0) is 15.4. The van der Waals surface area contributed by atoms with Gasteiger partial charge < -0.3 is 10.1 Å². The third-order valence-corrected chi connectivity index (χ3v) is 3.65. The van der Waals surface area contributed by atoms with Crippen molar-refractivity contribution in [3.63, 3.8) is 0 Å². The summed E-state index contributed by atoms with van der Waals surface area (Å²) >= 11 is 3.38. The molecular formula is C16H16BrF2NO. The van der Waals surface area contributed by atoms with E-state index in [4.69, 9.17) is 4.74 Å². The van der Waals surface area contributed by atoms with Gasteiger partial charge in [0.2, 0.25) is 0 Å². The number of hydrogen-bond donors (Lipinski definition) is 1. The lowest BCUT2D eigenvalue weighted by Crippen LogP contribution is -2.21. The molecule has 0 saturated heterocycles. The first-order valence-electron chi connectivity index (χ1n) is 6.61. The Kier molecular flexibility index (Phi) is 5.31. The lowest BCUT2D eigenvalue weighted by Gasteiger charge is -2.21. The van der Waals surface area contributed by atoms with E-state index in [1.54, 1.807) is 19.2 Å². The monoisotopic (exact) mass is 355 g/mol. The van der Waals surface area contributed by atoms with E-state index in [1.807, 2.05) is 13.0 Å². The SMILES string of the molecule is CCOc1ccc(Br)cc1C(NC)c1c(F)cccc1F. The van der Waals surface area contributed by atoms with E-state index in [-0.39, 0.29) is 5.56 Å². The van der Waals surface area contributed by atoms with E-state index in [1.165, 1.54) is 18.2 Å². The van der Waals surface area contributed by atoms with Crippen molar-refractivity contribution in [2.75, 3.05) is 13.7 Å². The highest BCUT2D eigenvalue weighted by Crippen LogP contribution is 2.34. The van der Waals surface area contributed by atoms with Crippen molar-refractivity contribution >= 4 is 15.9 Å². The van der Waals surface area contributed by atoms with Crippen LogP contribution in [0.4, 0.5) is 8.78 Å². The number of hydrogen-bond acceptors (Lipinski definition) is 2. The van der Waals surface area contributed by atoms with E-state index in [0.717, 1.165) is 4.47 Å². The van der Waals surface area contributed by atoms with E-state index in [2.05, 4.69) is 21.2 Å². The first kappa shape index (κ1) is 15.9. The molecule has 112 valence electrons. The summed E-state index contributed by atoms with van der Waals surface area (Å²) in [6.45, 7) is 2.34. The van der Waals surface area contributed by atoms with Gasteiger partial charge in [-0.3, -0.25) is 0 Å². The summed E-state index contributed by atoms with van der Waals surface area (Å²) in [5.41, 5.74) is 0.664. The molecule has 1 atom stereocenters. The summed E-state index contributed by atoms with van der Waals surface area (Å²) in [4.78, 5) is 0. The molecule has 0 aliphatic rings. The largest absolute Gasteiger partial charge is 0.494 e. The minimum absolute atomic E-state index is 0.0148. The standard InChI is InChI=1S/C16H16BrF2NO/c1-3-21-14-8-7-10(17)9-11(14)16(20-2)15-12(18)5-4-6-13(15)19/h4-9,16,20H,3H2,1-2H3. The van der Waals surface area contributed by atoms with Crippen LogP contribution in [0.5, 0.6) is 5.75 Å². The highest BCUT2D eigenvalue weighted by atomic mass is 79.9. The molecule has 2 nitrogen and oxygen atoms in total. The van der Waals surface area contributed by atoms with Gasteiger partial charge in [-0.15, -0.1) is 0 Å². The van der Waals surface area contributed by atoms with Crippen molar-refractivity contribution in [3.8, 4) is 5.75 Å². The molecule has 0 spiro atoms. The Bertz CT molecular complexity index is 613. The Labute approximate surface area is 131 Å². The molecule has 2 aromatic rings. The maximum Gasteiger partial charge on any atom is 0.131 e. The fraction of sp³-hybridized carbons (Fsp3) is 0.250. The molecule has 0 amide bonds. The van der Waals surface area contributed by atoms with Crippen molar-refractivity contribution in [1.82, 2.24) is 5.32 Å². The van der Waals surface area contributed by atoms with Gasteiger partial charge in [0.25, 0.3) is 0 Å². The topological polar surface area (TPSA) is 21.3 Å².